The molecule has 0 spiro atoms. The molecule has 150 valence electrons. The van der Waals surface area contributed by atoms with Gasteiger partial charge in [0.2, 0.25) is 0 Å². The molecule has 1 aliphatic rings. The van der Waals surface area contributed by atoms with Gasteiger partial charge in [0, 0.05) is 12.2 Å². The fourth-order valence-corrected chi connectivity index (χ4v) is 4.27. The number of hydrogen-bond donors (Lipinski definition) is 0. The maximum atomic E-state index is 2.65. The van der Waals surface area contributed by atoms with E-state index < -0.39 is 0 Å². The third kappa shape index (κ3) is 5.76. The van der Waals surface area contributed by atoms with Crippen molar-refractivity contribution in [2.75, 3.05) is 6.54 Å². The molecule has 1 nitrogen and oxygen atoms in total. The summed E-state index contributed by atoms with van der Waals surface area (Å²) in [7, 11) is 0. The Morgan fingerprint density at radius 1 is 0.567 bits per heavy atom. The molecule has 0 radical (unpaired) electrons. The smallest absolute Gasteiger partial charge is 0.281 e. The fourth-order valence-electron chi connectivity index (χ4n) is 4.27. The first-order valence-electron chi connectivity index (χ1n) is 11.1. The van der Waals surface area contributed by atoms with E-state index >= 15 is 0 Å². The molecule has 1 heterocycles. The van der Waals surface area contributed by atoms with Gasteiger partial charge in [-0.25, -0.2) is 0 Å². The number of rotatable bonds is 9. The van der Waals surface area contributed by atoms with Gasteiger partial charge in [0.1, 0.15) is 0 Å². The molecule has 0 amide bonds. The molecule has 0 unspecified atom stereocenters. The average Bonchev–Trinajstić information content (AvgIpc) is 2.82. The normalized spacial score (nSPS) is 13.4. The second kappa shape index (κ2) is 10.7. The van der Waals surface area contributed by atoms with Crippen molar-refractivity contribution < 1.29 is 0 Å². The highest BCUT2D eigenvalue weighted by Gasteiger charge is 2.24. The predicted octanol–water partition coefficient (Wildman–Crippen LogP) is 6.39. The number of hydrogen-bond acceptors (Lipinski definition) is 1. The Morgan fingerprint density at radius 2 is 1.10 bits per heavy atom. The number of aryl methyl sites for hydroxylation is 2. The van der Waals surface area contributed by atoms with E-state index in [-0.39, 0.29) is 0 Å². The summed E-state index contributed by atoms with van der Waals surface area (Å²) in [5, 5.41) is 0. The highest BCUT2D eigenvalue weighted by molar-refractivity contribution is 6.62. The summed E-state index contributed by atoms with van der Waals surface area (Å²) in [6.07, 6.45) is 10.1. The minimum absolute atomic E-state index is 0.463. The monoisotopic (exact) mass is 391 g/mol. The molecule has 0 atom stereocenters. The van der Waals surface area contributed by atoms with Crippen LogP contribution in [0.5, 0.6) is 0 Å². The zero-order chi connectivity index (χ0) is 20.4. The Bertz CT molecular complexity index is 948. The van der Waals surface area contributed by atoms with Crippen molar-refractivity contribution >= 4 is 6.85 Å². The Kier molecular flexibility index (Phi) is 7.23. The van der Waals surface area contributed by atoms with Crippen LogP contribution in [0.1, 0.15) is 23.1 Å². The van der Waals surface area contributed by atoms with Crippen LogP contribution in [0.3, 0.4) is 0 Å². The van der Waals surface area contributed by atoms with Crippen molar-refractivity contribution in [1.82, 2.24) is 4.81 Å². The van der Waals surface area contributed by atoms with E-state index in [4.69, 9.17) is 0 Å². The quantitative estimate of drug-likeness (QED) is 0.382. The minimum atomic E-state index is 0.463. The van der Waals surface area contributed by atoms with E-state index in [0.717, 1.165) is 38.5 Å². The predicted molar refractivity (Wildman–Crippen MR) is 130 cm³/mol. The number of benzene rings is 3. The highest BCUT2D eigenvalue weighted by atomic mass is 15.1. The molecule has 0 saturated heterocycles. The van der Waals surface area contributed by atoms with Crippen LogP contribution in [0.2, 0.25) is 6.32 Å². The van der Waals surface area contributed by atoms with Crippen LogP contribution in [-0.2, 0) is 19.3 Å². The highest BCUT2D eigenvalue weighted by Crippen LogP contribution is 2.23. The Morgan fingerprint density at radius 3 is 1.70 bits per heavy atom. The van der Waals surface area contributed by atoms with Crippen LogP contribution in [0, 0.1) is 0 Å². The molecule has 0 bridgehead atoms. The Labute approximate surface area is 181 Å². The number of nitrogens with zero attached hydrogens (tertiary/aromatic N) is 1. The van der Waals surface area contributed by atoms with E-state index in [0.29, 0.717) is 6.85 Å². The maximum absolute atomic E-state index is 2.65. The molecule has 0 aliphatic carbocycles. The van der Waals surface area contributed by atoms with Gasteiger partial charge in [-0.15, -0.1) is 0 Å². The van der Waals surface area contributed by atoms with Gasteiger partial charge in [-0.2, -0.15) is 0 Å². The summed E-state index contributed by atoms with van der Waals surface area (Å²) in [5.41, 5.74) is 5.72. The largest absolute Gasteiger partial charge is 0.414 e. The molecule has 3 aromatic carbocycles. The van der Waals surface area contributed by atoms with Crippen LogP contribution in [0.4, 0.5) is 0 Å². The summed E-state index contributed by atoms with van der Waals surface area (Å²) in [5.74, 6) is 2.39. The lowest BCUT2D eigenvalue weighted by atomic mass is 9.54. The molecule has 30 heavy (non-hydrogen) atoms. The minimum Gasteiger partial charge on any atom is -0.414 e. The van der Waals surface area contributed by atoms with Gasteiger partial charge in [0.25, 0.3) is 6.85 Å². The van der Waals surface area contributed by atoms with Gasteiger partial charge in [-0.1, -0.05) is 103 Å². The first-order chi connectivity index (χ1) is 14.9. The lowest BCUT2D eigenvalue weighted by molar-refractivity contribution is 0.504. The van der Waals surface area contributed by atoms with Crippen molar-refractivity contribution in [3.05, 3.63) is 132 Å². The molecule has 0 saturated carbocycles. The topological polar surface area (TPSA) is 3.24 Å². The van der Waals surface area contributed by atoms with E-state index in [1.807, 2.05) is 0 Å². The summed E-state index contributed by atoms with van der Waals surface area (Å²) in [4.78, 5) is 2.65. The number of allylic oxidation sites excluding steroid dienone is 3. The molecule has 0 N–H and O–H groups in total. The lowest BCUT2D eigenvalue weighted by Crippen LogP contribution is -2.40. The fraction of sp³-hybridized carbons (Fsp3) is 0.214. The van der Waals surface area contributed by atoms with Crippen molar-refractivity contribution in [3.63, 3.8) is 0 Å². The van der Waals surface area contributed by atoms with Gasteiger partial charge in [-0.3, -0.25) is 0 Å². The standard InChI is InChI=1S/C28H30BN/c1-4-11-25(12-5-1)18-19-28-17-10-22-29(23-20-26-13-6-2-7-14-26)30(28)24-21-27-15-8-3-9-16-27/h1-17,22H,18-21,23-24H2. The third-order valence-electron chi connectivity index (χ3n) is 5.96. The van der Waals surface area contributed by atoms with Crippen LogP contribution in [0.15, 0.2) is 115 Å². The first kappa shape index (κ1) is 20.3. The molecule has 3 aromatic rings. The molecule has 0 aromatic heterocycles. The van der Waals surface area contributed by atoms with Crippen molar-refractivity contribution in [3.8, 4) is 0 Å². The van der Waals surface area contributed by atoms with Crippen LogP contribution in [0.25, 0.3) is 0 Å². The Balaban J connectivity index is 1.45. The molecule has 2 heteroatoms. The van der Waals surface area contributed by atoms with Crippen molar-refractivity contribution in [2.45, 2.75) is 32.0 Å². The van der Waals surface area contributed by atoms with Gasteiger partial charge in [0.15, 0.2) is 0 Å². The van der Waals surface area contributed by atoms with E-state index in [9.17, 15) is 0 Å². The van der Waals surface area contributed by atoms with Crippen LogP contribution < -0.4 is 0 Å². The zero-order valence-electron chi connectivity index (χ0n) is 17.7. The molecule has 4 rings (SSSR count). The lowest BCUT2D eigenvalue weighted by Gasteiger charge is -2.35. The summed E-state index contributed by atoms with van der Waals surface area (Å²) in [6, 6.07) is 32.6. The SMILES string of the molecule is C1=CB(CCc2ccccc2)N(CCc2ccccc2)C(CCc2ccccc2)=C1. The molecular formula is C28H30BN. The first-order valence-corrected chi connectivity index (χ1v) is 11.1. The van der Waals surface area contributed by atoms with Crippen molar-refractivity contribution in [1.29, 1.82) is 0 Å². The Hall–Kier alpha value is -3.00. The summed E-state index contributed by atoms with van der Waals surface area (Å²) in [6.45, 7) is 1.53. The van der Waals surface area contributed by atoms with Crippen molar-refractivity contribution in [2.24, 2.45) is 0 Å². The molecular weight excluding hydrogens is 361 g/mol. The molecule has 0 fully saturated rings. The van der Waals surface area contributed by atoms with Gasteiger partial charge in [0.05, 0.1) is 0 Å². The third-order valence-corrected chi connectivity index (χ3v) is 5.96. The van der Waals surface area contributed by atoms with Crippen LogP contribution in [-0.4, -0.2) is 18.2 Å². The zero-order valence-corrected chi connectivity index (χ0v) is 17.7. The van der Waals surface area contributed by atoms with Gasteiger partial charge in [-0.05, 0) is 54.8 Å². The van der Waals surface area contributed by atoms with E-state index in [1.54, 1.807) is 0 Å². The summed E-state index contributed by atoms with van der Waals surface area (Å²) < 4.78 is 0. The molecule has 1 aliphatic heterocycles. The second-order valence-electron chi connectivity index (χ2n) is 8.05. The van der Waals surface area contributed by atoms with E-state index in [1.165, 1.54) is 22.4 Å². The second-order valence-corrected chi connectivity index (χ2v) is 8.05. The maximum Gasteiger partial charge on any atom is 0.281 e. The average molecular weight is 391 g/mol. The summed E-state index contributed by atoms with van der Waals surface area (Å²) >= 11 is 0. The van der Waals surface area contributed by atoms with Gasteiger partial charge >= 0.3 is 0 Å². The van der Waals surface area contributed by atoms with E-state index in [2.05, 4.69) is 114 Å². The van der Waals surface area contributed by atoms with Gasteiger partial charge < -0.3 is 4.81 Å². The van der Waals surface area contributed by atoms with Crippen LogP contribution >= 0.6 is 0 Å².